The van der Waals surface area contributed by atoms with E-state index in [9.17, 15) is 24.3 Å². The van der Waals surface area contributed by atoms with Crippen LogP contribution in [0.4, 0.5) is 14.4 Å². The van der Waals surface area contributed by atoms with Crippen LogP contribution in [-0.4, -0.2) is 61.0 Å². The van der Waals surface area contributed by atoms with E-state index in [1.807, 2.05) is 27.7 Å². The first kappa shape index (κ1) is 33.7. The third-order valence-electron chi connectivity index (χ3n) is 6.27. The SMILES string of the molecule is CC(C)COC(=O)Oc1ccc(C(CC(C)OC(=O)OC2CCCCC2)[C@H](N)C(=O)O)cc1OC(=O)OCC(C)C. The number of carboxylic acids is 1. The first-order valence-electron chi connectivity index (χ1n) is 14.0. The fraction of sp³-hybridized carbons (Fsp3) is 0.655. The van der Waals surface area contributed by atoms with Gasteiger partial charge in [-0.1, -0.05) is 40.2 Å². The number of aliphatic carboxylic acids is 1. The van der Waals surface area contributed by atoms with E-state index in [0.717, 1.165) is 32.1 Å². The lowest BCUT2D eigenvalue weighted by atomic mass is 9.87. The van der Waals surface area contributed by atoms with Gasteiger partial charge in [0, 0.05) is 5.92 Å². The number of carboxylic acid groups (broad SMARTS) is 1. The van der Waals surface area contributed by atoms with Crippen molar-refractivity contribution in [1.29, 1.82) is 0 Å². The fourth-order valence-electron chi connectivity index (χ4n) is 4.21. The lowest BCUT2D eigenvalue weighted by Gasteiger charge is -2.26. The number of hydrogen-bond acceptors (Lipinski definition) is 11. The van der Waals surface area contributed by atoms with Crippen LogP contribution in [0.1, 0.15) is 84.6 Å². The molecule has 0 aliphatic heterocycles. The summed E-state index contributed by atoms with van der Waals surface area (Å²) in [5.41, 5.74) is 6.37. The Morgan fingerprint density at radius 2 is 1.41 bits per heavy atom. The van der Waals surface area contributed by atoms with E-state index in [2.05, 4.69) is 0 Å². The molecule has 0 amide bonds. The predicted octanol–water partition coefficient (Wildman–Crippen LogP) is 5.79. The molecule has 0 saturated heterocycles. The van der Waals surface area contributed by atoms with Gasteiger partial charge in [0.05, 0.1) is 13.2 Å². The maximum absolute atomic E-state index is 12.3. The van der Waals surface area contributed by atoms with E-state index >= 15 is 0 Å². The predicted molar refractivity (Wildman–Crippen MR) is 147 cm³/mol. The van der Waals surface area contributed by atoms with Crippen LogP contribution in [0.25, 0.3) is 0 Å². The largest absolute Gasteiger partial charge is 0.513 e. The number of carbonyl (C=O) groups excluding carboxylic acids is 3. The van der Waals surface area contributed by atoms with Gasteiger partial charge in [0.15, 0.2) is 11.5 Å². The average Bonchev–Trinajstić information content (AvgIpc) is 2.90. The van der Waals surface area contributed by atoms with Gasteiger partial charge in [0.25, 0.3) is 0 Å². The standard InChI is InChI=1S/C29H43NO11/c1-17(2)15-36-27(33)40-23-12-11-20(14-24(23)41-28(34)37-16-18(3)4)22(25(30)26(31)32)13-19(5)38-29(35)39-21-9-7-6-8-10-21/h11-12,14,17-19,21-22,25H,6-10,13,15-16,30H2,1-5H3,(H,31,32)/t19?,22?,25-/m0/s1. The number of carbonyl (C=O) groups is 4. The monoisotopic (exact) mass is 581 g/mol. The third kappa shape index (κ3) is 12.2. The molecule has 1 aliphatic carbocycles. The molecule has 41 heavy (non-hydrogen) atoms. The summed E-state index contributed by atoms with van der Waals surface area (Å²) in [6.45, 7) is 9.20. The molecular formula is C29H43NO11. The van der Waals surface area contributed by atoms with Crippen molar-refractivity contribution in [3.63, 3.8) is 0 Å². The van der Waals surface area contributed by atoms with Crippen LogP contribution in [0.3, 0.4) is 0 Å². The van der Waals surface area contributed by atoms with E-state index < -0.39 is 42.5 Å². The summed E-state index contributed by atoms with van der Waals surface area (Å²) in [6, 6.07) is 2.75. The summed E-state index contributed by atoms with van der Waals surface area (Å²) in [6.07, 6.45) is 0.788. The highest BCUT2D eigenvalue weighted by Crippen LogP contribution is 2.35. The van der Waals surface area contributed by atoms with Gasteiger partial charge in [-0.05, 0) is 68.6 Å². The van der Waals surface area contributed by atoms with E-state index in [0.29, 0.717) is 5.56 Å². The molecule has 1 aromatic carbocycles. The van der Waals surface area contributed by atoms with E-state index in [1.165, 1.54) is 18.2 Å². The number of benzene rings is 1. The molecule has 3 atom stereocenters. The molecule has 0 heterocycles. The molecule has 1 fully saturated rings. The van der Waals surface area contributed by atoms with Gasteiger partial charge in [0.2, 0.25) is 0 Å². The zero-order chi connectivity index (χ0) is 30.5. The van der Waals surface area contributed by atoms with Crippen LogP contribution >= 0.6 is 0 Å². The summed E-state index contributed by atoms with van der Waals surface area (Å²) < 4.78 is 31.5. The number of hydrogen-bond donors (Lipinski definition) is 2. The van der Waals surface area contributed by atoms with Crippen LogP contribution in [0.5, 0.6) is 11.5 Å². The van der Waals surface area contributed by atoms with Gasteiger partial charge < -0.3 is 39.3 Å². The Kier molecular flexibility index (Phi) is 13.7. The summed E-state index contributed by atoms with van der Waals surface area (Å²) >= 11 is 0. The molecule has 0 aromatic heterocycles. The molecule has 2 rings (SSSR count). The average molecular weight is 582 g/mol. The van der Waals surface area contributed by atoms with Crippen molar-refractivity contribution in [3.05, 3.63) is 23.8 Å². The highest BCUT2D eigenvalue weighted by atomic mass is 16.7. The minimum atomic E-state index is -1.40. The van der Waals surface area contributed by atoms with Gasteiger partial charge in [-0.3, -0.25) is 4.79 Å². The highest BCUT2D eigenvalue weighted by Gasteiger charge is 2.31. The molecule has 0 bridgehead atoms. The molecular weight excluding hydrogens is 538 g/mol. The Labute approximate surface area is 240 Å². The van der Waals surface area contributed by atoms with E-state index in [1.54, 1.807) is 6.92 Å². The topological polar surface area (TPSA) is 170 Å². The summed E-state index contributed by atoms with van der Waals surface area (Å²) in [4.78, 5) is 48.8. The molecule has 2 unspecified atom stereocenters. The molecule has 1 saturated carbocycles. The van der Waals surface area contributed by atoms with Gasteiger partial charge in [-0.15, -0.1) is 0 Å². The molecule has 0 radical (unpaired) electrons. The zero-order valence-corrected chi connectivity index (χ0v) is 24.5. The Balaban J connectivity index is 2.26. The summed E-state index contributed by atoms with van der Waals surface area (Å²) in [5.74, 6) is -2.42. The molecule has 1 aliphatic rings. The fourth-order valence-corrected chi connectivity index (χ4v) is 4.21. The lowest BCUT2D eigenvalue weighted by Crippen LogP contribution is -2.38. The van der Waals surface area contributed by atoms with Gasteiger partial charge in [-0.25, -0.2) is 14.4 Å². The van der Waals surface area contributed by atoms with Crippen molar-refractivity contribution in [2.24, 2.45) is 17.6 Å². The van der Waals surface area contributed by atoms with Crippen molar-refractivity contribution >= 4 is 24.4 Å². The normalized spacial score (nSPS) is 15.9. The first-order chi connectivity index (χ1) is 19.3. The van der Waals surface area contributed by atoms with Gasteiger partial charge in [-0.2, -0.15) is 0 Å². The van der Waals surface area contributed by atoms with Crippen molar-refractivity contribution < 1.29 is 52.7 Å². The molecule has 230 valence electrons. The molecule has 3 N–H and O–H groups in total. The van der Waals surface area contributed by atoms with Crippen molar-refractivity contribution in [1.82, 2.24) is 0 Å². The van der Waals surface area contributed by atoms with Crippen LogP contribution in [0, 0.1) is 11.8 Å². The Morgan fingerprint density at radius 3 is 1.95 bits per heavy atom. The number of nitrogens with two attached hydrogens (primary N) is 1. The minimum absolute atomic E-state index is 0.0150. The van der Waals surface area contributed by atoms with Crippen LogP contribution in [-0.2, 0) is 23.7 Å². The second kappa shape index (κ2) is 16.7. The van der Waals surface area contributed by atoms with Crippen LogP contribution in [0.2, 0.25) is 0 Å². The van der Waals surface area contributed by atoms with Crippen molar-refractivity contribution in [2.45, 2.75) is 97.3 Å². The Bertz CT molecular complexity index is 1020. The van der Waals surface area contributed by atoms with E-state index in [4.69, 9.17) is 34.2 Å². The van der Waals surface area contributed by atoms with Crippen molar-refractivity contribution in [2.75, 3.05) is 13.2 Å². The molecule has 0 spiro atoms. The van der Waals surface area contributed by atoms with Crippen LogP contribution in [0.15, 0.2) is 18.2 Å². The molecule has 12 heteroatoms. The van der Waals surface area contributed by atoms with E-state index in [-0.39, 0.29) is 49.1 Å². The minimum Gasteiger partial charge on any atom is -0.480 e. The van der Waals surface area contributed by atoms with Gasteiger partial charge in [0.1, 0.15) is 18.2 Å². The summed E-state index contributed by atoms with van der Waals surface area (Å²) in [5, 5.41) is 9.69. The third-order valence-corrected chi connectivity index (χ3v) is 6.27. The second-order valence-corrected chi connectivity index (χ2v) is 11.1. The van der Waals surface area contributed by atoms with Crippen LogP contribution < -0.4 is 15.2 Å². The van der Waals surface area contributed by atoms with Gasteiger partial charge >= 0.3 is 24.4 Å². The second-order valence-electron chi connectivity index (χ2n) is 11.1. The Hall–Kier alpha value is -3.54. The lowest BCUT2D eigenvalue weighted by molar-refractivity contribution is -0.139. The quantitative estimate of drug-likeness (QED) is 0.163. The summed E-state index contributed by atoms with van der Waals surface area (Å²) in [7, 11) is 0. The molecule has 1 aromatic rings. The Morgan fingerprint density at radius 1 is 0.854 bits per heavy atom. The maximum atomic E-state index is 12.3. The smallest absolute Gasteiger partial charge is 0.480 e. The number of ether oxygens (including phenoxy) is 6. The maximum Gasteiger partial charge on any atom is 0.513 e. The van der Waals surface area contributed by atoms with Crippen molar-refractivity contribution in [3.8, 4) is 11.5 Å². The highest BCUT2D eigenvalue weighted by molar-refractivity contribution is 5.75. The first-order valence-corrected chi connectivity index (χ1v) is 14.0. The molecule has 12 nitrogen and oxygen atoms in total. The zero-order valence-electron chi connectivity index (χ0n) is 24.5. The number of rotatable bonds is 13.